The largest absolute Gasteiger partial charge is 0.497 e. The Morgan fingerprint density at radius 3 is 2.44 bits per heavy atom. The summed E-state index contributed by atoms with van der Waals surface area (Å²) < 4.78 is 12.4. The van der Waals surface area contributed by atoms with Crippen molar-refractivity contribution in [3.05, 3.63) is 78.4 Å². The van der Waals surface area contributed by atoms with Crippen molar-refractivity contribution in [2.24, 2.45) is 0 Å². The van der Waals surface area contributed by atoms with E-state index in [1.807, 2.05) is 42.5 Å². The van der Waals surface area contributed by atoms with Crippen LogP contribution in [0.25, 0.3) is 11.0 Å². The Bertz CT molecular complexity index is 1430. The number of amides is 2. The third kappa shape index (κ3) is 5.87. The smallest absolute Gasteiger partial charge is 0.249 e. The highest BCUT2D eigenvalue weighted by molar-refractivity contribution is 6.01. The average molecular weight is 528 g/mol. The van der Waals surface area contributed by atoms with Crippen molar-refractivity contribution in [1.82, 2.24) is 20.3 Å². The van der Waals surface area contributed by atoms with Gasteiger partial charge in [0, 0.05) is 11.7 Å². The first-order valence-electron chi connectivity index (χ1n) is 13.3. The van der Waals surface area contributed by atoms with Gasteiger partial charge in [-0.15, -0.1) is 5.10 Å². The molecule has 0 radical (unpaired) electrons. The molecule has 4 aromatic rings. The molecule has 1 aliphatic rings. The number of para-hydroxylation sites is 1. The Balaban J connectivity index is 1.57. The lowest BCUT2D eigenvalue weighted by Gasteiger charge is -2.33. The maximum atomic E-state index is 14.2. The zero-order chi connectivity index (χ0) is 27.2. The number of nitrogens with one attached hydrogen (secondary N) is 1. The number of ether oxygens (including phenoxy) is 2. The minimum atomic E-state index is -0.933. The first-order chi connectivity index (χ1) is 19.1. The first-order valence-corrected chi connectivity index (χ1v) is 13.3. The fraction of sp³-hybridized carbons (Fsp3) is 0.333. The lowest BCUT2D eigenvalue weighted by atomic mass is 9.94. The van der Waals surface area contributed by atoms with E-state index in [0.717, 1.165) is 31.2 Å². The molecule has 1 aliphatic carbocycles. The monoisotopic (exact) mass is 527 g/mol. The molecule has 1 atom stereocenters. The minimum Gasteiger partial charge on any atom is -0.497 e. The number of fused-ring (bicyclic) bond motifs is 1. The fourth-order valence-electron chi connectivity index (χ4n) is 5.17. The van der Waals surface area contributed by atoms with Crippen molar-refractivity contribution in [2.45, 2.75) is 50.7 Å². The number of aromatic nitrogens is 3. The lowest BCUT2D eigenvalue weighted by molar-refractivity contribution is -0.127. The normalized spacial score (nSPS) is 14.5. The zero-order valence-corrected chi connectivity index (χ0v) is 22.2. The van der Waals surface area contributed by atoms with E-state index in [-0.39, 0.29) is 24.4 Å². The fourth-order valence-corrected chi connectivity index (χ4v) is 5.17. The summed E-state index contributed by atoms with van der Waals surface area (Å²) in [5.41, 5.74) is 2.65. The Morgan fingerprint density at radius 1 is 0.949 bits per heavy atom. The highest BCUT2D eigenvalue weighted by Crippen LogP contribution is 2.32. The van der Waals surface area contributed by atoms with Gasteiger partial charge in [0.1, 0.15) is 29.6 Å². The molecule has 9 heteroatoms. The highest BCUT2D eigenvalue weighted by Gasteiger charge is 2.35. The van der Waals surface area contributed by atoms with Crippen LogP contribution in [-0.2, 0) is 16.1 Å². The number of hydrogen-bond donors (Lipinski definition) is 1. The number of anilines is 1. The minimum absolute atomic E-state index is 0.0754. The second-order valence-corrected chi connectivity index (χ2v) is 9.72. The molecule has 202 valence electrons. The van der Waals surface area contributed by atoms with E-state index in [2.05, 4.69) is 15.6 Å². The number of hydrogen-bond acceptors (Lipinski definition) is 6. The molecule has 1 aromatic heterocycles. The molecule has 9 nitrogen and oxygen atoms in total. The van der Waals surface area contributed by atoms with Gasteiger partial charge in [0.2, 0.25) is 11.8 Å². The van der Waals surface area contributed by atoms with E-state index in [0.29, 0.717) is 28.3 Å². The van der Waals surface area contributed by atoms with E-state index < -0.39 is 6.04 Å². The van der Waals surface area contributed by atoms with Crippen LogP contribution in [-0.4, -0.2) is 47.1 Å². The van der Waals surface area contributed by atoms with Gasteiger partial charge < -0.3 is 14.8 Å². The molecule has 2 amide bonds. The molecule has 5 rings (SSSR count). The molecule has 39 heavy (non-hydrogen) atoms. The molecule has 1 unspecified atom stereocenters. The van der Waals surface area contributed by atoms with E-state index in [1.165, 1.54) is 6.42 Å². The van der Waals surface area contributed by atoms with Crippen LogP contribution in [0.3, 0.4) is 0 Å². The Labute approximate surface area is 227 Å². The predicted octanol–water partition coefficient (Wildman–Crippen LogP) is 4.67. The summed E-state index contributed by atoms with van der Waals surface area (Å²) in [6.07, 6.45) is 5.19. The van der Waals surface area contributed by atoms with Crippen LogP contribution in [0.5, 0.6) is 11.5 Å². The van der Waals surface area contributed by atoms with Crippen LogP contribution in [0.15, 0.2) is 72.8 Å². The molecule has 1 fully saturated rings. The molecular formula is C30H33N5O4. The number of rotatable bonds is 9. The molecule has 0 saturated heterocycles. The number of nitrogens with zero attached hydrogens (tertiary/aromatic N) is 4. The molecule has 1 saturated carbocycles. The second kappa shape index (κ2) is 12.0. The van der Waals surface area contributed by atoms with Gasteiger partial charge in [-0.05, 0) is 66.9 Å². The number of carbonyl (C=O) groups excluding carboxylic acids is 2. The first kappa shape index (κ1) is 26.2. The Kier molecular flexibility index (Phi) is 8.05. The van der Waals surface area contributed by atoms with Crippen molar-refractivity contribution in [3.8, 4) is 11.5 Å². The van der Waals surface area contributed by atoms with E-state index in [1.54, 1.807) is 54.1 Å². The average Bonchev–Trinajstić information content (AvgIpc) is 3.39. The summed E-state index contributed by atoms with van der Waals surface area (Å²) in [5, 5.41) is 11.6. The summed E-state index contributed by atoms with van der Waals surface area (Å²) in [6.45, 7) is -0.0935. The number of methoxy groups -OCH3 is 2. The second-order valence-electron chi connectivity index (χ2n) is 9.72. The molecule has 0 bridgehead atoms. The third-order valence-corrected chi connectivity index (χ3v) is 7.19. The topological polar surface area (TPSA) is 98.6 Å². The molecule has 3 aromatic carbocycles. The van der Waals surface area contributed by atoms with Gasteiger partial charge in [-0.25, -0.2) is 4.68 Å². The van der Waals surface area contributed by atoms with E-state index >= 15 is 0 Å². The predicted molar refractivity (Wildman–Crippen MR) is 149 cm³/mol. The van der Waals surface area contributed by atoms with Crippen LogP contribution in [0, 0.1) is 0 Å². The third-order valence-electron chi connectivity index (χ3n) is 7.19. The summed E-state index contributed by atoms with van der Waals surface area (Å²) in [6, 6.07) is 21.1. The Hall–Kier alpha value is -4.40. The molecule has 0 aliphatic heterocycles. The van der Waals surface area contributed by atoms with Crippen molar-refractivity contribution < 1.29 is 19.1 Å². The quantitative estimate of drug-likeness (QED) is 0.340. The van der Waals surface area contributed by atoms with Crippen molar-refractivity contribution >= 4 is 28.5 Å². The molecule has 1 heterocycles. The molecule has 0 spiro atoms. The van der Waals surface area contributed by atoms with Crippen molar-refractivity contribution in [3.63, 3.8) is 0 Å². The van der Waals surface area contributed by atoms with Gasteiger partial charge in [0.15, 0.2) is 0 Å². The van der Waals surface area contributed by atoms with Crippen molar-refractivity contribution in [2.75, 3.05) is 19.1 Å². The van der Waals surface area contributed by atoms with Crippen LogP contribution >= 0.6 is 0 Å². The lowest BCUT2D eigenvalue weighted by Crippen LogP contribution is -2.48. The summed E-state index contributed by atoms with van der Waals surface area (Å²) in [5.74, 6) is 0.718. The summed E-state index contributed by atoms with van der Waals surface area (Å²) >= 11 is 0. The summed E-state index contributed by atoms with van der Waals surface area (Å²) in [4.78, 5) is 29.8. The molecule has 1 N–H and O–H groups in total. The SMILES string of the molecule is COc1ccc(N(C(=O)Cn2nnc3ccccc32)C(C(=O)NC2CCCCC2)c2cccc(OC)c2)cc1. The van der Waals surface area contributed by atoms with Crippen LogP contribution in [0.4, 0.5) is 5.69 Å². The van der Waals surface area contributed by atoms with Gasteiger partial charge in [0.05, 0.1) is 19.7 Å². The maximum Gasteiger partial charge on any atom is 0.249 e. The number of carbonyl (C=O) groups is 2. The van der Waals surface area contributed by atoms with Gasteiger partial charge in [0.25, 0.3) is 0 Å². The maximum absolute atomic E-state index is 14.2. The summed E-state index contributed by atoms with van der Waals surface area (Å²) in [7, 11) is 3.17. The van der Waals surface area contributed by atoms with Crippen LogP contribution in [0.2, 0.25) is 0 Å². The number of benzene rings is 3. The van der Waals surface area contributed by atoms with Crippen molar-refractivity contribution in [1.29, 1.82) is 0 Å². The van der Waals surface area contributed by atoms with Crippen LogP contribution in [0.1, 0.15) is 43.7 Å². The molecular weight excluding hydrogens is 494 g/mol. The zero-order valence-electron chi connectivity index (χ0n) is 22.2. The van der Waals surface area contributed by atoms with Crippen LogP contribution < -0.4 is 19.7 Å². The Morgan fingerprint density at radius 2 is 1.69 bits per heavy atom. The standard InChI is InChI=1S/C30H33N5O4/c1-38-24-17-15-23(16-18-24)35(28(36)20-34-27-14-7-6-13-26(27)32-33-34)29(21-9-8-12-25(19-21)39-2)30(37)31-22-10-4-3-5-11-22/h6-9,12-19,22,29H,3-5,10-11,20H2,1-2H3,(H,31,37). The highest BCUT2D eigenvalue weighted by atomic mass is 16.5. The van der Waals surface area contributed by atoms with Gasteiger partial charge in [-0.1, -0.05) is 48.7 Å². The van der Waals surface area contributed by atoms with Gasteiger partial charge in [-0.2, -0.15) is 0 Å². The van der Waals surface area contributed by atoms with E-state index in [4.69, 9.17) is 9.47 Å². The van der Waals surface area contributed by atoms with Gasteiger partial charge >= 0.3 is 0 Å². The van der Waals surface area contributed by atoms with E-state index in [9.17, 15) is 9.59 Å². The van der Waals surface area contributed by atoms with Gasteiger partial charge in [-0.3, -0.25) is 14.5 Å².